The van der Waals surface area contributed by atoms with Crippen LogP contribution >= 0.6 is 0 Å². The van der Waals surface area contributed by atoms with Crippen molar-refractivity contribution in [3.63, 3.8) is 0 Å². The number of carbonyl (C=O) groups is 3. The van der Waals surface area contributed by atoms with E-state index >= 15 is 0 Å². The van der Waals surface area contributed by atoms with E-state index in [-0.39, 0.29) is 18.1 Å². The molecule has 3 N–H and O–H groups in total. The van der Waals surface area contributed by atoms with Crippen molar-refractivity contribution < 1.29 is 14.4 Å². The SMILES string of the molecule is CCC(=N[C@H]1CCCC[C@@H]1N)C1C(=O)NC(=O)N(C2CCCCC2)C1=O. The van der Waals surface area contributed by atoms with Crippen LogP contribution < -0.4 is 11.1 Å². The van der Waals surface area contributed by atoms with Crippen molar-refractivity contribution in [1.82, 2.24) is 10.2 Å². The van der Waals surface area contributed by atoms with E-state index in [1.54, 1.807) is 0 Å². The van der Waals surface area contributed by atoms with Crippen molar-refractivity contribution in [2.24, 2.45) is 16.6 Å². The number of nitrogens with two attached hydrogens (primary N) is 1. The number of carbonyl (C=O) groups excluding carboxylic acids is 3. The summed E-state index contributed by atoms with van der Waals surface area (Å²) in [5.74, 6) is -1.94. The fourth-order valence-electron chi connectivity index (χ4n) is 4.45. The number of rotatable bonds is 4. The monoisotopic (exact) mass is 362 g/mol. The maximum absolute atomic E-state index is 13.1. The summed E-state index contributed by atoms with van der Waals surface area (Å²) in [6.07, 6.45) is 9.23. The van der Waals surface area contributed by atoms with Crippen molar-refractivity contribution in [1.29, 1.82) is 0 Å². The van der Waals surface area contributed by atoms with Crippen molar-refractivity contribution in [2.75, 3.05) is 0 Å². The van der Waals surface area contributed by atoms with Crippen molar-refractivity contribution in [2.45, 2.75) is 89.3 Å². The highest BCUT2D eigenvalue weighted by atomic mass is 16.2. The van der Waals surface area contributed by atoms with Crippen molar-refractivity contribution in [3.05, 3.63) is 0 Å². The van der Waals surface area contributed by atoms with E-state index in [1.807, 2.05) is 6.92 Å². The molecule has 0 aromatic rings. The first kappa shape index (κ1) is 19.0. The fourth-order valence-corrected chi connectivity index (χ4v) is 4.45. The van der Waals surface area contributed by atoms with Gasteiger partial charge < -0.3 is 5.73 Å². The second-order valence-electron chi connectivity index (χ2n) is 7.72. The van der Waals surface area contributed by atoms with Crippen LogP contribution in [0.2, 0.25) is 0 Å². The predicted molar refractivity (Wildman–Crippen MR) is 98.7 cm³/mol. The number of urea groups is 1. The smallest absolute Gasteiger partial charge is 0.326 e. The van der Waals surface area contributed by atoms with Gasteiger partial charge in [-0.1, -0.05) is 39.0 Å². The molecule has 1 saturated heterocycles. The van der Waals surface area contributed by atoms with Gasteiger partial charge in [0, 0.05) is 17.8 Å². The first-order valence-corrected chi connectivity index (χ1v) is 10.0. The number of nitrogens with one attached hydrogen (secondary N) is 1. The van der Waals surface area contributed by atoms with Crippen LogP contribution in [-0.4, -0.2) is 46.6 Å². The van der Waals surface area contributed by atoms with E-state index in [4.69, 9.17) is 10.7 Å². The van der Waals surface area contributed by atoms with Gasteiger partial charge in [-0.15, -0.1) is 0 Å². The third-order valence-electron chi connectivity index (χ3n) is 5.94. The molecule has 3 rings (SSSR count). The molecule has 26 heavy (non-hydrogen) atoms. The zero-order valence-electron chi connectivity index (χ0n) is 15.6. The third-order valence-corrected chi connectivity index (χ3v) is 5.94. The Morgan fingerprint density at radius 2 is 1.73 bits per heavy atom. The molecule has 0 spiro atoms. The molecular weight excluding hydrogens is 332 g/mol. The Morgan fingerprint density at radius 1 is 1.08 bits per heavy atom. The second-order valence-corrected chi connectivity index (χ2v) is 7.72. The highest BCUT2D eigenvalue weighted by molar-refractivity contribution is 6.27. The van der Waals surface area contributed by atoms with Crippen LogP contribution in [0.15, 0.2) is 4.99 Å². The summed E-state index contributed by atoms with van der Waals surface area (Å²) < 4.78 is 0. The highest BCUT2D eigenvalue weighted by Gasteiger charge is 2.45. The summed E-state index contributed by atoms with van der Waals surface area (Å²) in [7, 11) is 0. The van der Waals surface area contributed by atoms with E-state index in [0.717, 1.165) is 57.8 Å². The molecule has 2 aliphatic carbocycles. The van der Waals surface area contributed by atoms with Crippen LogP contribution in [-0.2, 0) is 9.59 Å². The maximum atomic E-state index is 13.1. The molecule has 1 aliphatic heterocycles. The summed E-state index contributed by atoms with van der Waals surface area (Å²) in [5, 5.41) is 2.39. The quantitative estimate of drug-likeness (QED) is 0.590. The summed E-state index contributed by atoms with van der Waals surface area (Å²) in [6, 6.07) is -0.752. The van der Waals surface area contributed by atoms with Crippen LogP contribution in [0.5, 0.6) is 0 Å². The summed E-state index contributed by atoms with van der Waals surface area (Å²) in [6.45, 7) is 1.90. The van der Waals surface area contributed by atoms with Gasteiger partial charge in [0.1, 0.15) is 0 Å². The number of aliphatic imine (C=N–C) groups is 1. The lowest BCUT2D eigenvalue weighted by Gasteiger charge is -2.38. The third kappa shape index (κ3) is 3.82. The average molecular weight is 362 g/mol. The zero-order chi connectivity index (χ0) is 18.7. The molecule has 1 unspecified atom stereocenters. The topological polar surface area (TPSA) is 105 Å². The van der Waals surface area contributed by atoms with Crippen LogP contribution in [0, 0.1) is 5.92 Å². The molecule has 144 valence electrons. The van der Waals surface area contributed by atoms with Gasteiger partial charge in [-0.05, 0) is 32.1 Å². The Kier molecular flexibility index (Phi) is 6.06. The molecule has 4 amide bonds. The molecule has 7 heteroatoms. The van der Waals surface area contributed by atoms with Crippen molar-refractivity contribution in [3.8, 4) is 0 Å². The molecule has 3 aliphatic rings. The Balaban J connectivity index is 1.84. The van der Waals surface area contributed by atoms with Crippen LogP contribution in [0.4, 0.5) is 4.79 Å². The minimum Gasteiger partial charge on any atom is -0.326 e. The summed E-state index contributed by atoms with van der Waals surface area (Å²) in [5.41, 5.74) is 6.75. The van der Waals surface area contributed by atoms with Crippen LogP contribution in [0.1, 0.15) is 71.1 Å². The molecule has 0 bridgehead atoms. The minimum atomic E-state index is -0.992. The van der Waals surface area contributed by atoms with Gasteiger partial charge in [0.05, 0.1) is 6.04 Å². The average Bonchev–Trinajstić information content (AvgIpc) is 2.63. The number of amides is 4. The van der Waals surface area contributed by atoms with E-state index in [2.05, 4.69) is 5.32 Å². The number of barbiturate groups is 1. The van der Waals surface area contributed by atoms with Gasteiger partial charge in [-0.3, -0.25) is 24.8 Å². The number of hydrogen-bond acceptors (Lipinski definition) is 5. The summed E-state index contributed by atoms with van der Waals surface area (Å²) >= 11 is 0. The van der Waals surface area contributed by atoms with Crippen LogP contribution in [0.25, 0.3) is 0 Å². The predicted octanol–water partition coefficient (Wildman–Crippen LogP) is 2.13. The van der Waals surface area contributed by atoms with Gasteiger partial charge in [-0.2, -0.15) is 0 Å². The lowest BCUT2D eigenvalue weighted by Crippen LogP contribution is -2.62. The van der Waals surface area contributed by atoms with Gasteiger partial charge in [0.2, 0.25) is 11.8 Å². The Labute approximate surface area is 154 Å². The van der Waals surface area contributed by atoms with E-state index in [9.17, 15) is 14.4 Å². The molecule has 3 atom stereocenters. The van der Waals surface area contributed by atoms with E-state index in [1.165, 1.54) is 4.90 Å². The summed E-state index contributed by atoms with van der Waals surface area (Å²) in [4.78, 5) is 43.9. The lowest BCUT2D eigenvalue weighted by atomic mass is 9.89. The number of imide groups is 2. The van der Waals surface area contributed by atoms with E-state index < -0.39 is 23.8 Å². The first-order valence-electron chi connectivity index (χ1n) is 10.0. The molecule has 2 saturated carbocycles. The Morgan fingerprint density at radius 3 is 2.38 bits per heavy atom. The number of hydrogen-bond donors (Lipinski definition) is 2. The molecule has 3 fully saturated rings. The Hall–Kier alpha value is -1.76. The zero-order valence-corrected chi connectivity index (χ0v) is 15.6. The molecule has 0 aromatic heterocycles. The first-order chi connectivity index (χ1) is 12.5. The molecule has 1 heterocycles. The Bertz CT molecular complexity index is 598. The lowest BCUT2D eigenvalue weighted by molar-refractivity contribution is -0.141. The van der Waals surface area contributed by atoms with Crippen LogP contribution in [0.3, 0.4) is 0 Å². The second kappa shape index (κ2) is 8.29. The van der Waals surface area contributed by atoms with Gasteiger partial charge >= 0.3 is 6.03 Å². The largest absolute Gasteiger partial charge is 0.331 e. The van der Waals surface area contributed by atoms with E-state index in [0.29, 0.717) is 12.1 Å². The fraction of sp³-hybridized carbons (Fsp3) is 0.789. The van der Waals surface area contributed by atoms with Gasteiger partial charge in [0.15, 0.2) is 5.92 Å². The minimum absolute atomic E-state index is 0.0249. The van der Waals surface area contributed by atoms with Crippen molar-refractivity contribution >= 4 is 23.6 Å². The molecular formula is C19H30N4O3. The maximum Gasteiger partial charge on any atom is 0.331 e. The highest BCUT2D eigenvalue weighted by Crippen LogP contribution is 2.27. The van der Waals surface area contributed by atoms with Gasteiger partial charge in [-0.25, -0.2) is 4.79 Å². The van der Waals surface area contributed by atoms with Gasteiger partial charge in [0.25, 0.3) is 0 Å². The standard InChI is InChI=1S/C19H30N4O3/c1-2-14(21-15-11-7-6-10-13(15)20)16-17(24)22-19(26)23(18(16)25)12-8-4-3-5-9-12/h12-13,15-16H,2-11,20H2,1H3,(H,22,24,26)/t13-,15-,16?/m0/s1. The molecule has 0 aromatic carbocycles. The number of nitrogens with zero attached hydrogens (tertiary/aromatic N) is 2. The normalized spacial score (nSPS) is 31.9. The molecule has 7 nitrogen and oxygen atoms in total. The molecule has 0 radical (unpaired) electrons.